The van der Waals surface area contributed by atoms with Crippen LogP contribution in [-0.4, -0.2) is 22.0 Å². The number of anilines is 1. The van der Waals surface area contributed by atoms with Crippen LogP contribution in [0, 0.1) is 0 Å². The predicted molar refractivity (Wildman–Crippen MR) is 85.6 cm³/mol. The van der Waals surface area contributed by atoms with Gasteiger partial charge in [-0.05, 0) is 13.0 Å². The van der Waals surface area contributed by atoms with Crippen LogP contribution in [-0.2, 0) is 17.5 Å². The molecule has 1 amide bonds. The Balaban J connectivity index is 2.35. The van der Waals surface area contributed by atoms with Crippen LogP contribution in [0.1, 0.15) is 25.1 Å². The number of amides is 1. The van der Waals surface area contributed by atoms with Crippen LogP contribution in [0.5, 0.6) is 0 Å². The molecule has 0 saturated heterocycles. The lowest BCUT2D eigenvalue weighted by molar-refractivity contribution is -0.138. The van der Waals surface area contributed by atoms with E-state index in [4.69, 9.17) is 11.6 Å². The molecule has 0 aromatic carbocycles. The number of hydrogen-bond acceptors (Lipinski definition) is 4. The standard InChI is InChI=1S/C14H13ClF3N3O2S/c1-3-21(8(2)22)13-19-10(7-24-13)6-20-5-9(14(16,17)18)4-11(15)12(20)23/h4-5,7H,3,6H2,1-2H3. The maximum atomic E-state index is 12.8. The Morgan fingerprint density at radius 3 is 2.67 bits per heavy atom. The third kappa shape index (κ3) is 3.96. The van der Waals surface area contributed by atoms with Gasteiger partial charge in [-0.2, -0.15) is 13.2 Å². The first-order valence-electron chi connectivity index (χ1n) is 6.83. The summed E-state index contributed by atoms with van der Waals surface area (Å²) < 4.78 is 39.3. The van der Waals surface area contributed by atoms with Crippen molar-refractivity contribution in [3.63, 3.8) is 0 Å². The van der Waals surface area contributed by atoms with Gasteiger partial charge in [-0.1, -0.05) is 11.6 Å². The van der Waals surface area contributed by atoms with Gasteiger partial charge in [0, 0.05) is 25.0 Å². The molecule has 10 heteroatoms. The van der Waals surface area contributed by atoms with Crippen LogP contribution in [0.25, 0.3) is 0 Å². The van der Waals surface area contributed by atoms with Crippen molar-refractivity contribution < 1.29 is 18.0 Å². The normalized spacial score (nSPS) is 11.6. The summed E-state index contributed by atoms with van der Waals surface area (Å²) in [5.41, 5.74) is -1.38. The lowest BCUT2D eigenvalue weighted by Gasteiger charge is -2.14. The van der Waals surface area contributed by atoms with E-state index in [9.17, 15) is 22.8 Å². The van der Waals surface area contributed by atoms with Gasteiger partial charge in [0.15, 0.2) is 5.13 Å². The largest absolute Gasteiger partial charge is 0.417 e. The Labute approximate surface area is 144 Å². The summed E-state index contributed by atoms with van der Waals surface area (Å²) in [6.07, 6.45) is -3.91. The first-order chi connectivity index (χ1) is 11.1. The molecule has 2 aromatic heterocycles. The zero-order chi connectivity index (χ0) is 18.1. The molecule has 0 fully saturated rings. The van der Waals surface area contributed by atoms with Gasteiger partial charge in [0.1, 0.15) is 5.02 Å². The second-order valence-electron chi connectivity index (χ2n) is 4.89. The van der Waals surface area contributed by atoms with E-state index in [1.54, 1.807) is 12.3 Å². The first kappa shape index (κ1) is 18.5. The van der Waals surface area contributed by atoms with E-state index < -0.39 is 22.3 Å². The minimum Gasteiger partial charge on any atom is -0.308 e. The molecular weight excluding hydrogens is 367 g/mol. The molecule has 2 heterocycles. The van der Waals surface area contributed by atoms with E-state index in [0.717, 1.165) is 4.57 Å². The van der Waals surface area contributed by atoms with Gasteiger partial charge >= 0.3 is 6.18 Å². The second kappa shape index (κ2) is 6.94. The van der Waals surface area contributed by atoms with Crippen molar-refractivity contribution in [2.45, 2.75) is 26.6 Å². The summed E-state index contributed by atoms with van der Waals surface area (Å²) in [5, 5.41) is 1.49. The van der Waals surface area contributed by atoms with Gasteiger partial charge in [-0.15, -0.1) is 11.3 Å². The molecule has 2 rings (SSSR count). The van der Waals surface area contributed by atoms with Crippen LogP contribution < -0.4 is 10.5 Å². The molecule has 0 spiro atoms. The van der Waals surface area contributed by atoms with Gasteiger partial charge in [0.25, 0.3) is 5.56 Å². The van der Waals surface area contributed by atoms with Gasteiger partial charge in [-0.25, -0.2) is 4.98 Å². The molecule has 130 valence electrons. The Bertz CT molecular complexity index is 816. The molecule has 0 saturated carbocycles. The summed E-state index contributed by atoms with van der Waals surface area (Å²) in [5.74, 6) is -0.197. The number of rotatable bonds is 4. The molecule has 0 unspecified atom stereocenters. The average molecular weight is 380 g/mol. The fourth-order valence-corrected chi connectivity index (χ4v) is 3.18. The Kier molecular flexibility index (Phi) is 5.34. The van der Waals surface area contributed by atoms with E-state index in [1.807, 2.05) is 0 Å². The number of carbonyl (C=O) groups is 1. The molecule has 2 aromatic rings. The highest BCUT2D eigenvalue weighted by molar-refractivity contribution is 7.14. The van der Waals surface area contributed by atoms with Crippen molar-refractivity contribution in [2.75, 3.05) is 11.4 Å². The van der Waals surface area contributed by atoms with Crippen LogP contribution in [0.15, 0.2) is 22.4 Å². The number of alkyl halides is 3. The zero-order valence-electron chi connectivity index (χ0n) is 12.7. The minimum absolute atomic E-state index is 0.172. The van der Waals surface area contributed by atoms with Crippen molar-refractivity contribution >= 4 is 34.0 Å². The topological polar surface area (TPSA) is 55.2 Å². The van der Waals surface area contributed by atoms with E-state index >= 15 is 0 Å². The Hall–Kier alpha value is -1.87. The highest BCUT2D eigenvalue weighted by Crippen LogP contribution is 2.30. The Morgan fingerprint density at radius 1 is 1.46 bits per heavy atom. The van der Waals surface area contributed by atoms with Gasteiger partial charge in [0.2, 0.25) is 5.91 Å². The number of carbonyl (C=O) groups excluding carboxylic acids is 1. The molecule has 5 nitrogen and oxygen atoms in total. The van der Waals surface area contributed by atoms with Gasteiger partial charge in [0.05, 0.1) is 17.8 Å². The summed E-state index contributed by atoms with van der Waals surface area (Å²) in [4.78, 5) is 29.1. The molecule has 0 aliphatic heterocycles. The third-order valence-electron chi connectivity index (χ3n) is 3.17. The fraction of sp³-hybridized carbons (Fsp3) is 0.357. The summed E-state index contributed by atoms with van der Waals surface area (Å²) in [6, 6.07) is 0.599. The zero-order valence-corrected chi connectivity index (χ0v) is 14.3. The Morgan fingerprint density at radius 2 is 2.12 bits per heavy atom. The molecule has 0 atom stereocenters. The second-order valence-corrected chi connectivity index (χ2v) is 6.14. The van der Waals surface area contributed by atoms with Crippen LogP contribution in [0.2, 0.25) is 5.02 Å². The minimum atomic E-state index is -4.61. The SMILES string of the molecule is CCN(C(C)=O)c1nc(Cn2cc(C(F)(F)F)cc(Cl)c2=O)cs1. The van der Waals surface area contributed by atoms with E-state index in [-0.39, 0.29) is 12.5 Å². The summed E-state index contributed by atoms with van der Waals surface area (Å²) in [6.45, 7) is 3.41. The van der Waals surface area contributed by atoms with Crippen molar-refractivity contribution in [3.8, 4) is 0 Å². The highest BCUT2D eigenvalue weighted by atomic mass is 35.5. The first-order valence-corrected chi connectivity index (χ1v) is 8.09. The van der Waals surface area contributed by atoms with Crippen LogP contribution in [0.4, 0.5) is 18.3 Å². The maximum absolute atomic E-state index is 12.8. The molecule has 0 aliphatic rings. The van der Waals surface area contributed by atoms with Crippen LogP contribution in [0.3, 0.4) is 0 Å². The summed E-state index contributed by atoms with van der Waals surface area (Å²) >= 11 is 6.78. The number of nitrogens with zero attached hydrogens (tertiary/aromatic N) is 3. The quantitative estimate of drug-likeness (QED) is 0.818. The van der Waals surface area contributed by atoms with Crippen LogP contribution >= 0.6 is 22.9 Å². The van der Waals surface area contributed by atoms with E-state index in [0.29, 0.717) is 29.6 Å². The number of aromatic nitrogens is 2. The molecule has 0 bridgehead atoms. The van der Waals surface area contributed by atoms with Crippen molar-refractivity contribution in [1.29, 1.82) is 0 Å². The average Bonchev–Trinajstić information content (AvgIpc) is 2.91. The molecule has 24 heavy (non-hydrogen) atoms. The van der Waals surface area contributed by atoms with E-state index in [1.165, 1.54) is 23.2 Å². The third-order valence-corrected chi connectivity index (χ3v) is 4.35. The van der Waals surface area contributed by atoms with E-state index in [2.05, 4.69) is 4.98 Å². The molecule has 0 aliphatic carbocycles. The predicted octanol–water partition coefficient (Wildman–Crippen LogP) is 3.40. The van der Waals surface area contributed by atoms with Gasteiger partial charge < -0.3 is 4.57 Å². The monoisotopic (exact) mass is 379 g/mol. The summed E-state index contributed by atoms with van der Waals surface area (Å²) in [7, 11) is 0. The molecule has 0 radical (unpaired) electrons. The van der Waals surface area contributed by atoms with Crippen molar-refractivity contribution in [1.82, 2.24) is 9.55 Å². The number of pyridine rings is 1. The number of hydrogen-bond donors (Lipinski definition) is 0. The smallest absolute Gasteiger partial charge is 0.308 e. The lowest BCUT2D eigenvalue weighted by Crippen LogP contribution is -2.28. The van der Waals surface area contributed by atoms with Crippen molar-refractivity contribution in [2.24, 2.45) is 0 Å². The van der Waals surface area contributed by atoms with Crippen molar-refractivity contribution in [3.05, 3.63) is 44.3 Å². The number of halogens is 4. The molecule has 0 N–H and O–H groups in total. The maximum Gasteiger partial charge on any atom is 0.417 e. The fourth-order valence-electron chi connectivity index (χ4n) is 2.03. The molecular formula is C14H13ClF3N3O2S. The van der Waals surface area contributed by atoms with Gasteiger partial charge in [-0.3, -0.25) is 14.5 Å². The lowest BCUT2D eigenvalue weighted by atomic mass is 10.2. The highest BCUT2D eigenvalue weighted by Gasteiger charge is 2.32. The number of thiazole rings is 1.